The van der Waals surface area contributed by atoms with E-state index in [1.165, 1.54) is 24.1 Å². The molecule has 0 bridgehead atoms. The van der Waals surface area contributed by atoms with Crippen molar-refractivity contribution >= 4 is 11.4 Å². The topological polar surface area (TPSA) is 42.4 Å². The minimum absolute atomic E-state index is 0.141. The largest absolute Gasteiger partial charge is 0.496 e. The van der Waals surface area contributed by atoms with Crippen LogP contribution in [0.25, 0.3) is 5.57 Å². The Balaban J connectivity index is 1.51. The first-order valence-corrected chi connectivity index (χ1v) is 11.0. The van der Waals surface area contributed by atoms with Gasteiger partial charge in [-0.05, 0) is 60.5 Å². The number of piperidine rings is 1. The smallest absolute Gasteiger partial charge is 0.157 e. The second kappa shape index (κ2) is 6.45. The van der Waals surface area contributed by atoms with Gasteiger partial charge in [0.05, 0.1) is 7.11 Å². The number of likely N-dealkylation sites (tertiary alicyclic amines) is 1. The maximum Gasteiger partial charge on any atom is 0.157 e. The van der Waals surface area contributed by atoms with E-state index in [1.54, 1.807) is 7.11 Å². The van der Waals surface area contributed by atoms with Gasteiger partial charge in [-0.15, -0.1) is 0 Å². The molecule has 5 rings (SSSR count). The molecular weight excluding hydrogens is 360 g/mol. The van der Waals surface area contributed by atoms with E-state index < -0.39 is 0 Å². The third-order valence-electron chi connectivity index (χ3n) is 8.80. The Hall–Kier alpha value is -2.10. The summed E-state index contributed by atoms with van der Waals surface area (Å²) >= 11 is 0. The number of aromatic nitrogens is 1. The van der Waals surface area contributed by atoms with Crippen LogP contribution in [0, 0.1) is 28.6 Å². The van der Waals surface area contributed by atoms with Crippen molar-refractivity contribution in [3.8, 4) is 5.75 Å². The van der Waals surface area contributed by atoms with Gasteiger partial charge < -0.3 is 9.64 Å². The number of ether oxygens (including phenoxy) is 1. The van der Waals surface area contributed by atoms with Crippen LogP contribution < -0.4 is 4.74 Å². The highest BCUT2D eigenvalue weighted by Crippen LogP contribution is 2.65. The molecule has 4 aliphatic rings. The van der Waals surface area contributed by atoms with Crippen LogP contribution in [-0.2, 0) is 4.79 Å². The van der Waals surface area contributed by atoms with Crippen molar-refractivity contribution in [2.45, 2.75) is 46.0 Å². The average Bonchev–Trinajstić information content (AvgIpc) is 3.06. The molecule has 2 heterocycles. The number of carbonyl (C=O) groups excluding carboxylic acids is 1. The Morgan fingerprint density at radius 1 is 1.21 bits per heavy atom. The van der Waals surface area contributed by atoms with Crippen molar-refractivity contribution in [3.05, 3.63) is 41.9 Å². The number of hydrogen-bond acceptors (Lipinski definition) is 4. The predicted molar refractivity (Wildman–Crippen MR) is 114 cm³/mol. The summed E-state index contributed by atoms with van der Waals surface area (Å²) in [6.07, 6.45) is 13.5. The number of carbonyl (C=O) groups is 1. The van der Waals surface area contributed by atoms with Crippen LogP contribution in [-0.4, -0.2) is 36.4 Å². The number of methoxy groups -OCH3 is 1. The van der Waals surface area contributed by atoms with E-state index in [2.05, 4.69) is 36.9 Å². The molecule has 0 amide bonds. The molecule has 1 aliphatic heterocycles. The Bertz CT molecular complexity index is 919. The van der Waals surface area contributed by atoms with Crippen molar-refractivity contribution in [2.24, 2.45) is 28.6 Å². The Morgan fingerprint density at radius 3 is 2.83 bits per heavy atom. The lowest BCUT2D eigenvalue weighted by Crippen LogP contribution is -2.56. The maximum absolute atomic E-state index is 12.1. The first-order valence-electron chi connectivity index (χ1n) is 11.0. The zero-order valence-corrected chi connectivity index (χ0v) is 18.1. The van der Waals surface area contributed by atoms with Crippen molar-refractivity contribution in [1.82, 2.24) is 9.88 Å². The normalized spacial score (nSPS) is 38.6. The van der Waals surface area contributed by atoms with E-state index in [9.17, 15) is 4.79 Å². The Labute approximate surface area is 174 Å². The minimum atomic E-state index is 0.141. The fraction of sp³-hybridized carbons (Fsp3) is 0.600. The number of rotatable bonds is 2. The van der Waals surface area contributed by atoms with E-state index in [0.29, 0.717) is 30.0 Å². The highest BCUT2D eigenvalue weighted by atomic mass is 16.5. The fourth-order valence-corrected chi connectivity index (χ4v) is 7.32. The summed E-state index contributed by atoms with van der Waals surface area (Å²) in [5, 5.41) is 0. The number of ketones is 1. The van der Waals surface area contributed by atoms with Gasteiger partial charge in [-0.1, -0.05) is 19.9 Å². The second-order valence-corrected chi connectivity index (χ2v) is 10.1. The molecule has 1 aromatic heterocycles. The number of allylic oxidation sites excluding steroid dienone is 4. The summed E-state index contributed by atoms with van der Waals surface area (Å²) in [6, 6.07) is 1.98. The van der Waals surface area contributed by atoms with Gasteiger partial charge in [0.15, 0.2) is 5.78 Å². The summed E-state index contributed by atoms with van der Waals surface area (Å²) in [5.41, 5.74) is 4.19. The highest BCUT2D eigenvalue weighted by Gasteiger charge is 2.58. The predicted octanol–water partition coefficient (Wildman–Crippen LogP) is 4.72. The van der Waals surface area contributed by atoms with E-state index in [-0.39, 0.29) is 10.8 Å². The first kappa shape index (κ1) is 18.9. The quantitative estimate of drug-likeness (QED) is 0.730. The van der Waals surface area contributed by atoms with E-state index in [4.69, 9.17) is 4.74 Å². The molecule has 154 valence electrons. The maximum atomic E-state index is 12.1. The van der Waals surface area contributed by atoms with Gasteiger partial charge in [0.2, 0.25) is 0 Å². The van der Waals surface area contributed by atoms with Gasteiger partial charge in [-0.2, -0.15) is 0 Å². The molecule has 2 fully saturated rings. The summed E-state index contributed by atoms with van der Waals surface area (Å²) in [5.74, 6) is 3.20. The molecule has 3 aliphatic carbocycles. The van der Waals surface area contributed by atoms with Crippen LogP contribution in [0.15, 0.2) is 36.3 Å². The zero-order chi connectivity index (χ0) is 20.4. The number of fused-ring (bicyclic) bond motifs is 5. The Morgan fingerprint density at radius 2 is 2.03 bits per heavy atom. The molecule has 4 nitrogen and oxygen atoms in total. The van der Waals surface area contributed by atoms with E-state index >= 15 is 0 Å². The number of nitrogens with zero attached hydrogens (tertiary/aromatic N) is 2. The molecule has 5 atom stereocenters. The molecule has 0 unspecified atom stereocenters. The van der Waals surface area contributed by atoms with Gasteiger partial charge >= 0.3 is 0 Å². The molecule has 1 saturated heterocycles. The highest BCUT2D eigenvalue weighted by molar-refractivity contribution is 5.91. The molecule has 1 aromatic rings. The van der Waals surface area contributed by atoms with Gasteiger partial charge in [-0.25, -0.2) is 0 Å². The van der Waals surface area contributed by atoms with Crippen LogP contribution in [0.2, 0.25) is 0 Å². The lowest BCUT2D eigenvalue weighted by atomic mass is 9.49. The third-order valence-corrected chi connectivity index (χ3v) is 8.80. The number of pyridine rings is 1. The summed E-state index contributed by atoms with van der Waals surface area (Å²) in [4.78, 5) is 18.9. The van der Waals surface area contributed by atoms with E-state index in [0.717, 1.165) is 30.7 Å². The van der Waals surface area contributed by atoms with Crippen molar-refractivity contribution in [1.29, 1.82) is 0 Å². The van der Waals surface area contributed by atoms with Crippen molar-refractivity contribution < 1.29 is 9.53 Å². The minimum Gasteiger partial charge on any atom is -0.496 e. The van der Waals surface area contributed by atoms with E-state index in [1.807, 2.05) is 24.5 Å². The SMILES string of the molecule is COc1ccncc1C1=CC[C@H]2[C@@H]3CN(C)C4=CC(=O)CC[C@]4(C)[C@H]3CC[C@]12C. The molecule has 1 saturated carbocycles. The summed E-state index contributed by atoms with van der Waals surface area (Å²) in [6.45, 7) is 5.96. The monoisotopic (exact) mass is 392 g/mol. The van der Waals surface area contributed by atoms with Crippen molar-refractivity contribution in [2.75, 3.05) is 20.7 Å². The van der Waals surface area contributed by atoms with Gasteiger partial charge in [-0.3, -0.25) is 9.78 Å². The standard InChI is InChI=1S/C25H32N2O2/c1-24-11-8-21-18(15-27(3)23-13-16(28)7-10-25(21,23)2)20(24)6-5-19(24)17-14-26-12-9-22(17)29-4/h5,9,12-14,18,20-21H,6-8,10-11,15H2,1-4H3/t18-,20-,21-,24+,25+/m0/s1. The van der Waals surface area contributed by atoms with Crippen molar-refractivity contribution in [3.63, 3.8) is 0 Å². The van der Waals surface area contributed by atoms with Crippen LogP contribution >= 0.6 is 0 Å². The summed E-state index contributed by atoms with van der Waals surface area (Å²) in [7, 11) is 3.94. The lowest BCUT2D eigenvalue weighted by molar-refractivity contribution is -0.118. The molecule has 0 spiro atoms. The molecule has 29 heavy (non-hydrogen) atoms. The molecule has 0 aromatic carbocycles. The summed E-state index contributed by atoms with van der Waals surface area (Å²) < 4.78 is 5.67. The van der Waals surface area contributed by atoms with Crippen LogP contribution in [0.1, 0.15) is 51.5 Å². The van der Waals surface area contributed by atoms with Crippen LogP contribution in [0.5, 0.6) is 5.75 Å². The third kappa shape index (κ3) is 2.57. The molecule has 0 radical (unpaired) electrons. The molecular formula is C25H32N2O2. The second-order valence-electron chi connectivity index (χ2n) is 10.1. The zero-order valence-electron chi connectivity index (χ0n) is 18.1. The van der Waals surface area contributed by atoms with Crippen LogP contribution in [0.3, 0.4) is 0 Å². The molecule has 0 N–H and O–H groups in total. The molecule has 4 heteroatoms. The van der Waals surface area contributed by atoms with Gasteiger partial charge in [0.25, 0.3) is 0 Å². The van der Waals surface area contributed by atoms with Gasteiger partial charge in [0, 0.05) is 55.2 Å². The fourth-order valence-electron chi connectivity index (χ4n) is 7.32. The number of hydrogen-bond donors (Lipinski definition) is 0. The average molecular weight is 393 g/mol. The first-order chi connectivity index (χ1) is 13.9. The van der Waals surface area contributed by atoms with Gasteiger partial charge in [0.1, 0.15) is 5.75 Å². The lowest BCUT2D eigenvalue weighted by Gasteiger charge is -2.60. The van der Waals surface area contributed by atoms with Crippen LogP contribution in [0.4, 0.5) is 0 Å². The Kier molecular flexibility index (Phi) is 4.20.